The predicted molar refractivity (Wildman–Crippen MR) is 65.0 cm³/mol. The summed E-state index contributed by atoms with van der Waals surface area (Å²) < 4.78 is 0. The van der Waals surface area contributed by atoms with Gasteiger partial charge in [0.1, 0.15) is 5.01 Å². The first-order valence-electron chi connectivity index (χ1n) is 5.88. The third-order valence-corrected chi connectivity index (χ3v) is 4.79. The van der Waals surface area contributed by atoms with E-state index in [4.69, 9.17) is 5.73 Å². The van der Waals surface area contributed by atoms with Crippen LogP contribution in [0.15, 0.2) is 5.38 Å². The molecule has 0 saturated heterocycles. The van der Waals surface area contributed by atoms with E-state index < -0.39 is 0 Å². The van der Waals surface area contributed by atoms with Gasteiger partial charge in [0.2, 0.25) is 0 Å². The third kappa shape index (κ3) is 1.95. The van der Waals surface area contributed by atoms with Gasteiger partial charge >= 0.3 is 0 Å². The Morgan fingerprint density at radius 1 is 1.60 bits per heavy atom. The zero-order chi connectivity index (χ0) is 10.9. The van der Waals surface area contributed by atoms with Gasteiger partial charge in [-0.15, -0.1) is 11.3 Å². The first-order chi connectivity index (χ1) is 7.16. The van der Waals surface area contributed by atoms with E-state index in [1.54, 1.807) is 11.3 Å². The molecule has 3 heteroatoms. The summed E-state index contributed by atoms with van der Waals surface area (Å²) >= 11 is 1.74. The van der Waals surface area contributed by atoms with E-state index in [0.29, 0.717) is 5.92 Å². The average molecular weight is 224 g/mol. The second-order valence-electron chi connectivity index (χ2n) is 4.69. The van der Waals surface area contributed by atoms with E-state index in [2.05, 4.69) is 17.3 Å². The molecule has 2 atom stereocenters. The van der Waals surface area contributed by atoms with Crippen LogP contribution in [0, 0.1) is 12.8 Å². The topological polar surface area (TPSA) is 38.9 Å². The van der Waals surface area contributed by atoms with E-state index >= 15 is 0 Å². The highest BCUT2D eigenvalue weighted by molar-refractivity contribution is 7.09. The van der Waals surface area contributed by atoms with E-state index in [1.165, 1.54) is 25.7 Å². The molecule has 2 N–H and O–H groups in total. The van der Waals surface area contributed by atoms with Crippen LogP contribution in [-0.2, 0) is 5.54 Å². The van der Waals surface area contributed by atoms with Crippen molar-refractivity contribution in [3.8, 4) is 0 Å². The molecule has 1 aliphatic carbocycles. The average Bonchev–Trinajstić information content (AvgIpc) is 2.66. The Bertz CT molecular complexity index is 334. The van der Waals surface area contributed by atoms with Crippen molar-refractivity contribution in [2.24, 2.45) is 11.7 Å². The maximum atomic E-state index is 6.60. The van der Waals surface area contributed by atoms with Crippen molar-refractivity contribution in [1.82, 2.24) is 4.98 Å². The lowest BCUT2D eigenvalue weighted by atomic mass is 9.72. The van der Waals surface area contributed by atoms with Gasteiger partial charge in [0.05, 0.1) is 5.54 Å². The Labute approximate surface area is 95.9 Å². The highest BCUT2D eigenvalue weighted by atomic mass is 32.1. The van der Waals surface area contributed by atoms with Gasteiger partial charge in [-0.1, -0.05) is 26.2 Å². The minimum Gasteiger partial charge on any atom is -0.319 e. The van der Waals surface area contributed by atoms with Crippen molar-refractivity contribution >= 4 is 11.3 Å². The molecule has 0 spiro atoms. The zero-order valence-electron chi connectivity index (χ0n) is 9.62. The number of aryl methyl sites for hydroxylation is 1. The fourth-order valence-corrected chi connectivity index (χ4v) is 3.71. The number of nitrogens with two attached hydrogens (primary N) is 1. The fourth-order valence-electron chi connectivity index (χ4n) is 2.69. The Hall–Kier alpha value is -0.410. The van der Waals surface area contributed by atoms with Crippen LogP contribution in [0.1, 0.15) is 49.7 Å². The zero-order valence-corrected chi connectivity index (χ0v) is 10.4. The smallest absolute Gasteiger partial charge is 0.113 e. The first kappa shape index (κ1) is 11.1. The molecule has 1 aromatic rings. The molecule has 2 rings (SSSR count). The lowest BCUT2D eigenvalue weighted by molar-refractivity contribution is 0.183. The molecule has 1 fully saturated rings. The normalized spacial score (nSPS) is 31.8. The van der Waals surface area contributed by atoms with Crippen LogP contribution in [0.4, 0.5) is 0 Å². The largest absolute Gasteiger partial charge is 0.319 e. The standard InChI is InChI=1S/C12H20N2S/c1-3-10-6-4-5-7-12(10,13)11-14-9(2)8-15-11/h8,10H,3-7,13H2,1-2H3. The summed E-state index contributed by atoms with van der Waals surface area (Å²) in [6.07, 6.45) is 6.15. The van der Waals surface area contributed by atoms with E-state index in [0.717, 1.165) is 17.1 Å². The molecule has 1 saturated carbocycles. The van der Waals surface area contributed by atoms with Crippen LogP contribution in [0.3, 0.4) is 0 Å². The van der Waals surface area contributed by atoms with Gasteiger partial charge in [-0.3, -0.25) is 0 Å². The Kier molecular flexibility index (Phi) is 3.12. The monoisotopic (exact) mass is 224 g/mol. The molecule has 2 nitrogen and oxygen atoms in total. The summed E-state index contributed by atoms with van der Waals surface area (Å²) in [7, 11) is 0. The van der Waals surface area contributed by atoms with Crippen molar-refractivity contribution in [2.45, 2.75) is 51.5 Å². The molecule has 0 aliphatic heterocycles. The highest BCUT2D eigenvalue weighted by Crippen LogP contribution is 2.42. The van der Waals surface area contributed by atoms with E-state index in [1.807, 2.05) is 6.92 Å². The van der Waals surface area contributed by atoms with Crippen molar-refractivity contribution in [3.63, 3.8) is 0 Å². The highest BCUT2D eigenvalue weighted by Gasteiger charge is 2.39. The lowest BCUT2D eigenvalue weighted by Crippen LogP contribution is -2.46. The molecular formula is C12H20N2S. The molecule has 0 aromatic carbocycles. The van der Waals surface area contributed by atoms with Gasteiger partial charge in [0.25, 0.3) is 0 Å². The van der Waals surface area contributed by atoms with Crippen molar-refractivity contribution in [3.05, 3.63) is 16.1 Å². The summed E-state index contributed by atoms with van der Waals surface area (Å²) in [5.74, 6) is 0.622. The van der Waals surface area contributed by atoms with Crippen molar-refractivity contribution in [2.75, 3.05) is 0 Å². The maximum Gasteiger partial charge on any atom is 0.113 e. The van der Waals surface area contributed by atoms with Gasteiger partial charge in [-0.2, -0.15) is 0 Å². The molecule has 1 aromatic heterocycles. The molecule has 84 valence electrons. The van der Waals surface area contributed by atoms with Gasteiger partial charge in [-0.25, -0.2) is 4.98 Å². The Morgan fingerprint density at radius 3 is 3.00 bits per heavy atom. The quantitative estimate of drug-likeness (QED) is 0.838. The minimum absolute atomic E-state index is 0.133. The summed E-state index contributed by atoms with van der Waals surface area (Å²) in [6, 6.07) is 0. The van der Waals surface area contributed by atoms with Crippen LogP contribution in [0.2, 0.25) is 0 Å². The Morgan fingerprint density at radius 2 is 2.40 bits per heavy atom. The molecule has 0 radical (unpaired) electrons. The summed E-state index contributed by atoms with van der Waals surface area (Å²) in [5, 5.41) is 3.28. The van der Waals surface area contributed by atoms with Gasteiger partial charge < -0.3 is 5.73 Å². The first-order valence-corrected chi connectivity index (χ1v) is 6.76. The van der Waals surface area contributed by atoms with Crippen molar-refractivity contribution in [1.29, 1.82) is 0 Å². The molecule has 0 amide bonds. The fraction of sp³-hybridized carbons (Fsp3) is 0.750. The number of aromatic nitrogens is 1. The Balaban J connectivity index is 2.29. The second-order valence-corrected chi connectivity index (χ2v) is 5.54. The van der Waals surface area contributed by atoms with Crippen LogP contribution < -0.4 is 5.73 Å². The molecule has 2 unspecified atom stereocenters. The molecule has 0 bridgehead atoms. The van der Waals surface area contributed by atoms with Crippen molar-refractivity contribution < 1.29 is 0 Å². The number of hydrogen-bond acceptors (Lipinski definition) is 3. The molecule has 15 heavy (non-hydrogen) atoms. The SMILES string of the molecule is CCC1CCCCC1(N)c1nc(C)cs1. The minimum atomic E-state index is -0.133. The number of hydrogen-bond donors (Lipinski definition) is 1. The molecule has 1 heterocycles. The maximum absolute atomic E-state index is 6.60. The second kappa shape index (κ2) is 4.22. The summed E-state index contributed by atoms with van der Waals surface area (Å²) in [5.41, 5.74) is 7.57. The number of nitrogens with zero attached hydrogens (tertiary/aromatic N) is 1. The van der Waals surface area contributed by atoms with Crippen LogP contribution >= 0.6 is 11.3 Å². The van der Waals surface area contributed by atoms with Crippen LogP contribution in [0.25, 0.3) is 0 Å². The van der Waals surface area contributed by atoms with Crippen LogP contribution in [0.5, 0.6) is 0 Å². The number of thiazole rings is 1. The molecular weight excluding hydrogens is 204 g/mol. The lowest BCUT2D eigenvalue weighted by Gasteiger charge is -2.39. The third-order valence-electron chi connectivity index (χ3n) is 3.63. The summed E-state index contributed by atoms with van der Waals surface area (Å²) in [4.78, 5) is 4.60. The predicted octanol–water partition coefficient (Wildman–Crippen LogP) is 3.21. The summed E-state index contributed by atoms with van der Waals surface area (Å²) in [6.45, 7) is 4.30. The van der Waals surface area contributed by atoms with Gasteiger partial charge in [-0.05, 0) is 25.7 Å². The molecule has 1 aliphatic rings. The van der Waals surface area contributed by atoms with E-state index in [-0.39, 0.29) is 5.54 Å². The van der Waals surface area contributed by atoms with E-state index in [9.17, 15) is 0 Å². The van der Waals surface area contributed by atoms with Crippen LogP contribution in [-0.4, -0.2) is 4.98 Å². The van der Waals surface area contributed by atoms with Gasteiger partial charge in [0, 0.05) is 11.1 Å². The number of rotatable bonds is 2. The van der Waals surface area contributed by atoms with Gasteiger partial charge in [0.15, 0.2) is 0 Å².